The molecule has 0 spiro atoms. The number of rotatable bonds is 11. The Labute approximate surface area is 120 Å². The Bertz CT molecular complexity index is 342. The molecule has 0 aliphatic heterocycles. The topological polar surface area (TPSA) is 60.0 Å². The van der Waals surface area contributed by atoms with E-state index in [1.807, 2.05) is 38.1 Å². The molecule has 0 aromatic heterocycles. The van der Waals surface area contributed by atoms with Crippen LogP contribution in [-0.4, -0.2) is 50.8 Å². The number of nitrogens with one attached hydrogen (secondary N) is 1. The number of aliphatic hydroxyl groups excluding tert-OH is 1. The minimum Gasteiger partial charge on any atom is -0.494 e. The zero-order valence-corrected chi connectivity index (χ0v) is 12.3. The van der Waals surface area contributed by atoms with Gasteiger partial charge in [0.1, 0.15) is 5.75 Å². The van der Waals surface area contributed by atoms with Gasteiger partial charge in [-0.2, -0.15) is 0 Å². The van der Waals surface area contributed by atoms with Gasteiger partial charge in [-0.1, -0.05) is 0 Å². The molecule has 0 fully saturated rings. The average molecular weight is 283 g/mol. The van der Waals surface area contributed by atoms with Crippen LogP contribution in [0.3, 0.4) is 0 Å². The number of hydrogen-bond donors (Lipinski definition) is 2. The smallest absolute Gasteiger partial charge is 0.119 e. The zero-order chi connectivity index (χ0) is 14.6. The van der Waals surface area contributed by atoms with Crippen LogP contribution in [0.4, 0.5) is 5.69 Å². The third-order valence-electron chi connectivity index (χ3n) is 2.59. The molecule has 20 heavy (non-hydrogen) atoms. The van der Waals surface area contributed by atoms with E-state index in [4.69, 9.17) is 14.2 Å². The molecule has 0 saturated carbocycles. The molecule has 0 radical (unpaired) electrons. The van der Waals surface area contributed by atoms with Crippen LogP contribution in [0.25, 0.3) is 0 Å². The fourth-order valence-electron chi connectivity index (χ4n) is 1.61. The van der Waals surface area contributed by atoms with E-state index in [0.29, 0.717) is 39.6 Å². The molecular formula is C15H25NO4. The molecule has 1 unspecified atom stereocenters. The molecule has 1 atom stereocenters. The van der Waals surface area contributed by atoms with Gasteiger partial charge in [0, 0.05) is 18.8 Å². The summed E-state index contributed by atoms with van der Waals surface area (Å²) in [7, 11) is 0. The normalized spacial score (nSPS) is 12.2. The molecule has 5 nitrogen and oxygen atoms in total. The van der Waals surface area contributed by atoms with Crippen molar-refractivity contribution in [3.8, 4) is 5.75 Å². The van der Waals surface area contributed by atoms with Crippen molar-refractivity contribution in [1.29, 1.82) is 0 Å². The Morgan fingerprint density at radius 3 is 2.40 bits per heavy atom. The van der Waals surface area contributed by atoms with Crippen molar-refractivity contribution >= 4 is 5.69 Å². The summed E-state index contributed by atoms with van der Waals surface area (Å²) >= 11 is 0. The fraction of sp³-hybridized carbons (Fsp3) is 0.600. The molecule has 1 rings (SSSR count). The maximum Gasteiger partial charge on any atom is 0.119 e. The molecule has 2 N–H and O–H groups in total. The molecule has 0 aliphatic carbocycles. The summed E-state index contributed by atoms with van der Waals surface area (Å²) in [6.07, 6.45) is -0.539. The van der Waals surface area contributed by atoms with Gasteiger partial charge < -0.3 is 24.6 Å². The number of aliphatic hydroxyl groups is 1. The second-order valence-corrected chi connectivity index (χ2v) is 4.26. The zero-order valence-electron chi connectivity index (χ0n) is 12.3. The average Bonchev–Trinajstić information content (AvgIpc) is 2.47. The molecule has 0 saturated heterocycles. The number of ether oxygens (including phenoxy) is 3. The van der Waals surface area contributed by atoms with Crippen LogP contribution in [0.1, 0.15) is 13.8 Å². The van der Waals surface area contributed by atoms with E-state index in [1.165, 1.54) is 0 Å². The summed E-state index contributed by atoms with van der Waals surface area (Å²) in [5.41, 5.74) is 0.946. The summed E-state index contributed by atoms with van der Waals surface area (Å²) in [6, 6.07) is 7.65. The van der Waals surface area contributed by atoms with Gasteiger partial charge in [0.25, 0.3) is 0 Å². The molecule has 0 aliphatic rings. The van der Waals surface area contributed by atoms with E-state index < -0.39 is 6.10 Å². The van der Waals surface area contributed by atoms with Crippen LogP contribution in [0.15, 0.2) is 24.3 Å². The van der Waals surface area contributed by atoms with Gasteiger partial charge in [-0.25, -0.2) is 0 Å². The molecule has 114 valence electrons. The van der Waals surface area contributed by atoms with E-state index in [1.54, 1.807) is 0 Å². The van der Waals surface area contributed by atoms with Gasteiger partial charge >= 0.3 is 0 Å². The SMILES string of the molecule is CCOCCOCC(O)CNc1ccc(OCC)cc1. The number of anilines is 1. The first-order chi connectivity index (χ1) is 9.76. The summed E-state index contributed by atoms with van der Waals surface area (Å²) in [6.45, 7) is 7.06. The highest BCUT2D eigenvalue weighted by Crippen LogP contribution is 2.15. The maximum absolute atomic E-state index is 9.75. The molecule has 0 heterocycles. The van der Waals surface area contributed by atoms with Gasteiger partial charge in [0.05, 0.1) is 32.5 Å². The lowest BCUT2D eigenvalue weighted by Gasteiger charge is -2.13. The maximum atomic E-state index is 9.75. The first-order valence-corrected chi connectivity index (χ1v) is 7.06. The second-order valence-electron chi connectivity index (χ2n) is 4.26. The van der Waals surface area contributed by atoms with E-state index >= 15 is 0 Å². The first kappa shape index (κ1) is 16.8. The third-order valence-corrected chi connectivity index (χ3v) is 2.59. The molecule has 5 heteroatoms. The minimum atomic E-state index is -0.539. The number of benzene rings is 1. The monoisotopic (exact) mass is 283 g/mol. The Morgan fingerprint density at radius 1 is 1.05 bits per heavy atom. The Kier molecular flexibility index (Phi) is 8.78. The van der Waals surface area contributed by atoms with E-state index in [2.05, 4.69) is 5.32 Å². The predicted molar refractivity (Wildman–Crippen MR) is 79.4 cm³/mol. The molecule has 1 aromatic rings. The minimum absolute atomic E-state index is 0.303. The largest absolute Gasteiger partial charge is 0.494 e. The van der Waals surface area contributed by atoms with Crippen molar-refractivity contribution in [3.05, 3.63) is 24.3 Å². The van der Waals surface area contributed by atoms with Crippen molar-refractivity contribution in [2.75, 3.05) is 44.9 Å². The van der Waals surface area contributed by atoms with Crippen LogP contribution in [0.2, 0.25) is 0 Å². The number of hydrogen-bond acceptors (Lipinski definition) is 5. The lowest BCUT2D eigenvalue weighted by atomic mass is 10.3. The van der Waals surface area contributed by atoms with Crippen LogP contribution >= 0.6 is 0 Å². The Hall–Kier alpha value is -1.30. The van der Waals surface area contributed by atoms with E-state index in [0.717, 1.165) is 11.4 Å². The first-order valence-electron chi connectivity index (χ1n) is 7.06. The van der Waals surface area contributed by atoms with Gasteiger partial charge in [0.2, 0.25) is 0 Å². The van der Waals surface area contributed by atoms with Crippen LogP contribution in [0.5, 0.6) is 5.75 Å². The van der Waals surface area contributed by atoms with Gasteiger partial charge in [-0.3, -0.25) is 0 Å². The lowest BCUT2D eigenvalue weighted by molar-refractivity contribution is 0.0103. The van der Waals surface area contributed by atoms with Crippen LogP contribution < -0.4 is 10.1 Å². The third kappa shape index (κ3) is 7.33. The van der Waals surface area contributed by atoms with Crippen molar-refractivity contribution < 1.29 is 19.3 Å². The quantitative estimate of drug-likeness (QED) is 0.608. The summed E-state index contributed by atoms with van der Waals surface area (Å²) in [5, 5.41) is 12.9. The van der Waals surface area contributed by atoms with E-state index in [-0.39, 0.29) is 0 Å². The van der Waals surface area contributed by atoms with Crippen molar-refractivity contribution in [3.63, 3.8) is 0 Å². The van der Waals surface area contributed by atoms with E-state index in [9.17, 15) is 5.11 Å². The highest BCUT2D eigenvalue weighted by atomic mass is 16.5. The van der Waals surface area contributed by atoms with Crippen molar-refractivity contribution in [2.24, 2.45) is 0 Å². The highest BCUT2D eigenvalue weighted by molar-refractivity contribution is 5.46. The van der Waals surface area contributed by atoms with Crippen molar-refractivity contribution in [2.45, 2.75) is 20.0 Å². The van der Waals surface area contributed by atoms with Gasteiger partial charge in [-0.15, -0.1) is 0 Å². The Morgan fingerprint density at radius 2 is 1.75 bits per heavy atom. The molecular weight excluding hydrogens is 258 g/mol. The predicted octanol–water partition coefficient (Wildman–Crippen LogP) is 1.91. The van der Waals surface area contributed by atoms with Gasteiger partial charge in [-0.05, 0) is 38.1 Å². The fourth-order valence-corrected chi connectivity index (χ4v) is 1.61. The molecule has 1 aromatic carbocycles. The molecule has 0 bridgehead atoms. The second kappa shape index (κ2) is 10.5. The highest BCUT2D eigenvalue weighted by Gasteiger charge is 2.04. The van der Waals surface area contributed by atoms with Gasteiger partial charge in [0.15, 0.2) is 0 Å². The Balaban J connectivity index is 2.15. The standard InChI is InChI=1S/C15H25NO4/c1-3-18-9-10-19-12-14(17)11-16-13-5-7-15(8-6-13)20-4-2/h5-8,14,16-17H,3-4,9-12H2,1-2H3. The van der Waals surface area contributed by atoms with Crippen LogP contribution in [-0.2, 0) is 9.47 Å². The summed E-state index contributed by atoms with van der Waals surface area (Å²) in [5.74, 6) is 0.845. The lowest BCUT2D eigenvalue weighted by Crippen LogP contribution is -2.25. The summed E-state index contributed by atoms with van der Waals surface area (Å²) < 4.78 is 15.8. The van der Waals surface area contributed by atoms with Crippen molar-refractivity contribution in [1.82, 2.24) is 0 Å². The summed E-state index contributed by atoms with van der Waals surface area (Å²) in [4.78, 5) is 0. The van der Waals surface area contributed by atoms with Crippen LogP contribution in [0, 0.1) is 0 Å². The molecule has 0 amide bonds.